The lowest BCUT2D eigenvalue weighted by Gasteiger charge is -2.20. The summed E-state index contributed by atoms with van der Waals surface area (Å²) in [6.45, 7) is 5.54. The lowest BCUT2D eigenvalue weighted by Crippen LogP contribution is -2.27. The highest BCUT2D eigenvalue weighted by Gasteiger charge is 2.23. The van der Waals surface area contributed by atoms with Crippen molar-refractivity contribution in [2.24, 2.45) is 0 Å². The fraction of sp³-hybridized carbons (Fsp3) is 0.214. The van der Waals surface area contributed by atoms with Crippen molar-refractivity contribution in [1.82, 2.24) is 19.7 Å². The summed E-state index contributed by atoms with van der Waals surface area (Å²) in [6, 6.07) is 18.2. The quantitative estimate of drug-likeness (QED) is 0.272. The van der Waals surface area contributed by atoms with Crippen LogP contribution in [0, 0.1) is 6.92 Å². The number of aromatic nitrogens is 4. The van der Waals surface area contributed by atoms with Gasteiger partial charge in [-0.15, -0.1) is 11.3 Å². The lowest BCUT2D eigenvalue weighted by atomic mass is 10.1. The van der Waals surface area contributed by atoms with E-state index in [-0.39, 0.29) is 18.4 Å². The van der Waals surface area contributed by atoms with Gasteiger partial charge in [0.2, 0.25) is 5.95 Å². The molecule has 0 fully saturated rings. The maximum absolute atomic E-state index is 13.2. The zero-order chi connectivity index (χ0) is 27.0. The van der Waals surface area contributed by atoms with Crippen molar-refractivity contribution in [3.63, 3.8) is 0 Å². The molecule has 0 aliphatic carbocycles. The Hall–Kier alpha value is -4.28. The molecule has 3 heterocycles. The number of nitrogens with zero attached hydrogens (tertiary/aromatic N) is 4. The topological polar surface area (TPSA) is 116 Å². The first kappa shape index (κ1) is 25.4. The Morgan fingerprint density at radius 2 is 1.89 bits per heavy atom. The van der Waals surface area contributed by atoms with Crippen LogP contribution in [0.3, 0.4) is 0 Å². The van der Waals surface area contributed by atoms with Gasteiger partial charge in [0.1, 0.15) is 0 Å². The van der Waals surface area contributed by atoms with Crippen LogP contribution in [-0.4, -0.2) is 49.3 Å². The largest absolute Gasteiger partial charge is 0.389 e. The summed E-state index contributed by atoms with van der Waals surface area (Å²) in [5.41, 5.74) is 3.39. The van der Waals surface area contributed by atoms with E-state index in [1.165, 1.54) is 11.3 Å². The van der Waals surface area contributed by atoms with Crippen molar-refractivity contribution in [2.75, 3.05) is 17.3 Å². The molecule has 0 unspecified atom stereocenters. The number of amides is 2. The highest BCUT2D eigenvalue weighted by molar-refractivity contribution is 7.17. The van der Waals surface area contributed by atoms with E-state index in [1.54, 1.807) is 60.8 Å². The second kappa shape index (κ2) is 9.88. The van der Waals surface area contributed by atoms with Crippen LogP contribution in [0.1, 0.15) is 39.6 Å². The SMILES string of the molecule is Cc1[nH]ncc1-c1ccc(C(=O)Nc2nc3cc(N(C)C(=O)c4ccccc4)ccc3n2CC(C)(C)O)s1. The van der Waals surface area contributed by atoms with Crippen LogP contribution >= 0.6 is 11.3 Å². The van der Waals surface area contributed by atoms with E-state index in [4.69, 9.17) is 0 Å². The Balaban J connectivity index is 1.46. The van der Waals surface area contributed by atoms with E-state index < -0.39 is 5.60 Å². The number of fused-ring (bicyclic) bond motifs is 1. The van der Waals surface area contributed by atoms with Crippen molar-refractivity contribution >= 4 is 45.8 Å². The van der Waals surface area contributed by atoms with E-state index in [0.29, 0.717) is 27.6 Å². The Kier molecular flexibility index (Phi) is 6.60. The van der Waals surface area contributed by atoms with Crippen LogP contribution in [-0.2, 0) is 6.54 Å². The maximum Gasteiger partial charge on any atom is 0.268 e. The number of thiophene rings is 1. The number of carbonyl (C=O) groups excluding carboxylic acids is 2. The van der Waals surface area contributed by atoms with Gasteiger partial charge in [0, 0.05) is 34.4 Å². The molecule has 0 spiro atoms. The molecule has 0 atom stereocenters. The van der Waals surface area contributed by atoms with Crippen LogP contribution in [0.15, 0.2) is 66.9 Å². The van der Waals surface area contributed by atoms with Crippen LogP contribution in [0.5, 0.6) is 0 Å². The van der Waals surface area contributed by atoms with Gasteiger partial charge in [-0.2, -0.15) is 5.10 Å². The van der Waals surface area contributed by atoms with Gasteiger partial charge in [0.15, 0.2) is 0 Å². The van der Waals surface area contributed by atoms with E-state index in [9.17, 15) is 14.7 Å². The maximum atomic E-state index is 13.2. The molecule has 3 N–H and O–H groups in total. The number of anilines is 2. The summed E-state index contributed by atoms with van der Waals surface area (Å²) in [6.07, 6.45) is 1.74. The van der Waals surface area contributed by atoms with Gasteiger partial charge in [0.25, 0.3) is 11.8 Å². The van der Waals surface area contributed by atoms with Crippen molar-refractivity contribution in [2.45, 2.75) is 32.9 Å². The first-order valence-corrected chi connectivity index (χ1v) is 12.9. The van der Waals surface area contributed by atoms with Gasteiger partial charge in [-0.3, -0.25) is 20.0 Å². The first-order valence-electron chi connectivity index (χ1n) is 12.1. The number of aryl methyl sites for hydroxylation is 1. The molecule has 38 heavy (non-hydrogen) atoms. The molecule has 3 aromatic heterocycles. The average molecular weight is 529 g/mol. The minimum Gasteiger partial charge on any atom is -0.389 e. The minimum absolute atomic E-state index is 0.143. The van der Waals surface area contributed by atoms with Gasteiger partial charge in [-0.05, 0) is 63.2 Å². The van der Waals surface area contributed by atoms with E-state index in [0.717, 1.165) is 21.7 Å². The molecule has 194 valence electrons. The third-order valence-corrected chi connectivity index (χ3v) is 7.26. The molecule has 0 radical (unpaired) electrons. The highest BCUT2D eigenvalue weighted by atomic mass is 32.1. The lowest BCUT2D eigenvalue weighted by molar-refractivity contribution is 0.0630. The number of hydrogen-bond donors (Lipinski definition) is 3. The summed E-state index contributed by atoms with van der Waals surface area (Å²) in [7, 11) is 1.71. The number of benzene rings is 2. The van der Waals surface area contributed by atoms with Crippen molar-refractivity contribution in [3.05, 3.63) is 83.0 Å². The number of aliphatic hydroxyl groups is 1. The number of carbonyl (C=O) groups is 2. The standard InChI is InChI=1S/C28H28N6O3S/c1-17-20(15-29-32-17)23-12-13-24(38-23)25(35)31-27-30-21-14-19(10-11-22(21)34(27)16-28(2,3)37)33(4)26(36)18-8-6-5-7-9-18/h5-15,37H,16H2,1-4H3,(H,29,32)(H,30,31,35). The van der Waals surface area contributed by atoms with E-state index >= 15 is 0 Å². The molecular formula is C28H28N6O3S. The molecule has 0 aliphatic rings. The first-order chi connectivity index (χ1) is 18.1. The molecule has 0 saturated heterocycles. The molecule has 0 bridgehead atoms. The van der Waals surface area contributed by atoms with Crippen molar-refractivity contribution < 1.29 is 14.7 Å². The number of hydrogen-bond acceptors (Lipinski definition) is 6. The second-order valence-electron chi connectivity index (χ2n) is 9.76. The van der Waals surface area contributed by atoms with Crippen molar-refractivity contribution in [1.29, 1.82) is 0 Å². The summed E-state index contributed by atoms with van der Waals surface area (Å²) in [5.74, 6) is -0.127. The summed E-state index contributed by atoms with van der Waals surface area (Å²) < 4.78 is 1.78. The second-order valence-corrected chi connectivity index (χ2v) is 10.8. The number of H-pyrrole nitrogens is 1. The molecule has 5 aromatic rings. The average Bonchev–Trinajstić information content (AvgIpc) is 3.62. The van der Waals surface area contributed by atoms with E-state index in [2.05, 4.69) is 20.5 Å². The molecule has 5 rings (SSSR count). The number of imidazole rings is 1. The smallest absolute Gasteiger partial charge is 0.268 e. The predicted octanol–water partition coefficient (Wildman–Crippen LogP) is 5.10. The van der Waals surface area contributed by atoms with Gasteiger partial charge in [-0.1, -0.05) is 18.2 Å². The molecule has 0 aliphatic heterocycles. The molecule has 0 saturated carbocycles. The van der Waals surface area contributed by atoms with Crippen LogP contribution in [0.2, 0.25) is 0 Å². The Bertz CT molecular complexity index is 1630. The Morgan fingerprint density at radius 3 is 2.58 bits per heavy atom. The summed E-state index contributed by atoms with van der Waals surface area (Å²) >= 11 is 1.36. The Morgan fingerprint density at radius 1 is 1.13 bits per heavy atom. The van der Waals surface area contributed by atoms with Crippen LogP contribution in [0.4, 0.5) is 11.6 Å². The minimum atomic E-state index is -1.05. The highest BCUT2D eigenvalue weighted by Crippen LogP contribution is 2.31. The zero-order valence-corrected chi connectivity index (χ0v) is 22.3. The van der Waals surface area contributed by atoms with Crippen molar-refractivity contribution in [3.8, 4) is 10.4 Å². The zero-order valence-electron chi connectivity index (χ0n) is 21.5. The van der Waals surface area contributed by atoms with Gasteiger partial charge >= 0.3 is 0 Å². The monoisotopic (exact) mass is 528 g/mol. The predicted molar refractivity (Wildman–Crippen MR) is 150 cm³/mol. The normalized spacial score (nSPS) is 11.6. The molecule has 2 aromatic carbocycles. The molecule has 2 amide bonds. The Labute approximate surface area is 223 Å². The van der Waals surface area contributed by atoms with E-state index in [1.807, 2.05) is 43.3 Å². The van der Waals surface area contributed by atoms with Gasteiger partial charge in [0.05, 0.1) is 34.3 Å². The number of nitrogens with one attached hydrogen (secondary N) is 2. The molecule has 10 heteroatoms. The molecular weight excluding hydrogens is 500 g/mol. The third-order valence-electron chi connectivity index (χ3n) is 6.14. The van der Waals surface area contributed by atoms with Crippen LogP contribution in [0.25, 0.3) is 21.5 Å². The summed E-state index contributed by atoms with van der Waals surface area (Å²) in [5, 5.41) is 20.5. The number of rotatable bonds is 7. The fourth-order valence-electron chi connectivity index (χ4n) is 4.23. The number of aromatic amines is 1. The van der Waals surface area contributed by atoms with Gasteiger partial charge < -0.3 is 14.6 Å². The van der Waals surface area contributed by atoms with Crippen LogP contribution < -0.4 is 10.2 Å². The fourth-order valence-corrected chi connectivity index (χ4v) is 5.20. The van der Waals surface area contributed by atoms with Gasteiger partial charge in [-0.25, -0.2) is 4.98 Å². The summed E-state index contributed by atoms with van der Waals surface area (Å²) in [4.78, 5) is 33.9. The third kappa shape index (κ3) is 5.09. The molecule has 9 nitrogen and oxygen atoms in total.